The Bertz CT molecular complexity index is 1360. The number of ether oxygens (including phenoxy) is 1. The molecule has 0 saturated carbocycles. The molecule has 0 unspecified atom stereocenters. The van der Waals surface area contributed by atoms with Crippen LogP contribution < -0.4 is 10.2 Å². The quantitative estimate of drug-likeness (QED) is 0.391. The fourth-order valence-electron chi connectivity index (χ4n) is 3.69. The fraction of sp³-hybridized carbons (Fsp3) is 0.333. The highest BCUT2D eigenvalue weighted by atomic mass is 19.4. The van der Waals surface area contributed by atoms with E-state index in [1.165, 1.54) is 18.3 Å². The van der Waals surface area contributed by atoms with Gasteiger partial charge < -0.3 is 19.9 Å². The Morgan fingerprint density at radius 3 is 2.33 bits per heavy atom. The lowest BCUT2D eigenvalue weighted by Gasteiger charge is -2.27. The molecular weight excluding hydrogens is 494 g/mol. The van der Waals surface area contributed by atoms with Gasteiger partial charge in [0, 0.05) is 13.1 Å². The van der Waals surface area contributed by atoms with Crippen LogP contribution in [0.3, 0.4) is 0 Å². The van der Waals surface area contributed by atoms with Crippen LogP contribution in [0.5, 0.6) is 0 Å². The average molecular weight is 512 g/mol. The maximum atomic E-state index is 13.5. The van der Waals surface area contributed by atoms with Crippen molar-refractivity contribution in [2.75, 3.05) is 36.5 Å². The molecule has 0 radical (unpaired) electrons. The van der Waals surface area contributed by atoms with Crippen LogP contribution in [-0.4, -0.2) is 55.9 Å². The van der Waals surface area contributed by atoms with Crippen molar-refractivity contribution >= 4 is 17.5 Å². The molecule has 1 aliphatic heterocycles. The molecule has 0 spiro atoms. The standard InChI is InChI=1S/C21H18F6N8O/c22-20(23,24)13-3-1-12(2-4-13)15-10-28-16(31-15)11-29-18-33-19(34-5-7-36-8-6-34)32-17-14(21(25,26)27)9-30-35(17)18/h1-4,9-10H,5-8,11H2,(H,28,31)(H,29,32,33). The lowest BCUT2D eigenvalue weighted by molar-refractivity contribution is -0.138. The van der Waals surface area contributed by atoms with Gasteiger partial charge in [0.2, 0.25) is 11.9 Å². The number of morpholine rings is 1. The molecule has 3 aromatic heterocycles. The van der Waals surface area contributed by atoms with Crippen molar-refractivity contribution in [1.29, 1.82) is 0 Å². The van der Waals surface area contributed by atoms with Gasteiger partial charge in [-0.3, -0.25) is 0 Å². The van der Waals surface area contributed by atoms with E-state index in [1.54, 1.807) is 4.90 Å². The molecular formula is C21H18F6N8O. The molecule has 1 aromatic carbocycles. The summed E-state index contributed by atoms with van der Waals surface area (Å²) < 4.78 is 85.2. The van der Waals surface area contributed by atoms with E-state index in [0.717, 1.165) is 16.6 Å². The molecule has 36 heavy (non-hydrogen) atoms. The molecule has 0 bridgehead atoms. The number of fused-ring (bicyclic) bond motifs is 1. The third-order valence-corrected chi connectivity index (χ3v) is 5.52. The van der Waals surface area contributed by atoms with E-state index in [1.807, 2.05) is 0 Å². The molecule has 0 atom stereocenters. The van der Waals surface area contributed by atoms with Gasteiger partial charge in [-0.05, 0) is 17.7 Å². The van der Waals surface area contributed by atoms with Crippen molar-refractivity contribution < 1.29 is 31.1 Å². The highest BCUT2D eigenvalue weighted by Crippen LogP contribution is 2.33. The van der Waals surface area contributed by atoms with Crippen molar-refractivity contribution in [3.05, 3.63) is 53.6 Å². The maximum Gasteiger partial charge on any atom is 0.421 e. The summed E-state index contributed by atoms with van der Waals surface area (Å²) in [6.07, 6.45) is -6.96. The van der Waals surface area contributed by atoms with E-state index in [4.69, 9.17) is 4.74 Å². The Balaban J connectivity index is 1.40. The molecule has 0 amide bonds. The third kappa shape index (κ3) is 4.78. The number of H-pyrrole nitrogens is 1. The van der Waals surface area contributed by atoms with Gasteiger partial charge in [-0.1, -0.05) is 12.1 Å². The number of hydrogen-bond donors (Lipinski definition) is 2. The van der Waals surface area contributed by atoms with Crippen LogP contribution in [0.1, 0.15) is 17.0 Å². The predicted molar refractivity (Wildman–Crippen MR) is 115 cm³/mol. The number of halogens is 6. The zero-order chi connectivity index (χ0) is 25.5. The summed E-state index contributed by atoms with van der Waals surface area (Å²) >= 11 is 0. The number of imidazole rings is 1. The van der Waals surface area contributed by atoms with Gasteiger partial charge in [0.25, 0.3) is 0 Å². The van der Waals surface area contributed by atoms with Gasteiger partial charge in [-0.25, -0.2) is 4.98 Å². The zero-order valence-corrected chi connectivity index (χ0v) is 18.4. The first-order valence-electron chi connectivity index (χ1n) is 10.7. The molecule has 2 N–H and O–H groups in total. The van der Waals surface area contributed by atoms with E-state index >= 15 is 0 Å². The molecule has 1 saturated heterocycles. The minimum absolute atomic E-state index is 0.0180. The van der Waals surface area contributed by atoms with E-state index in [-0.39, 0.29) is 18.4 Å². The normalized spacial score (nSPS) is 15.0. The maximum absolute atomic E-state index is 13.5. The van der Waals surface area contributed by atoms with Crippen molar-refractivity contribution in [2.24, 2.45) is 0 Å². The summed E-state index contributed by atoms with van der Waals surface area (Å²) in [5.74, 6) is 0.501. The van der Waals surface area contributed by atoms with Crippen molar-refractivity contribution in [3.63, 3.8) is 0 Å². The molecule has 1 aliphatic rings. The van der Waals surface area contributed by atoms with Crippen LogP contribution in [0.15, 0.2) is 36.7 Å². The van der Waals surface area contributed by atoms with Gasteiger partial charge in [0.15, 0.2) is 5.65 Å². The number of anilines is 2. The third-order valence-electron chi connectivity index (χ3n) is 5.52. The predicted octanol–water partition coefficient (Wildman–Crippen LogP) is 4.00. The molecule has 5 rings (SSSR count). The summed E-state index contributed by atoms with van der Waals surface area (Å²) in [6, 6.07) is 4.57. The highest BCUT2D eigenvalue weighted by Gasteiger charge is 2.36. The van der Waals surface area contributed by atoms with Crippen LogP contribution in [0.4, 0.5) is 38.2 Å². The van der Waals surface area contributed by atoms with E-state index in [0.29, 0.717) is 49.6 Å². The Morgan fingerprint density at radius 1 is 0.944 bits per heavy atom. The number of aromatic nitrogens is 6. The SMILES string of the molecule is FC(F)(F)c1ccc(-c2cnc(CNc3nc(N4CCOCC4)nc4c(C(F)(F)F)cnn34)[nH]2)cc1. The smallest absolute Gasteiger partial charge is 0.378 e. The minimum atomic E-state index is -4.66. The molecule has 4 heterocycles. The van der Waals surface area contributed by atoms with Crippen molar-refractivity contribution in [2.45, 2.75) is 18.9 Å². The van der Waals surface area contributed by atoms with Gasteiger partial charge in [-0.15, -0.1) is 0 Å². The lowest BCUT2D eigenvalue weighted by atomic mass is 10.1. The number of benzene rings is 1. The van der Waals surface area contributed by atoms with Crippen LogP contribution in [0, 0.1) is 0 Å². The number of nitrogens with zero attached hydrogens (tertiary/aromatic N) is 6. The van der Waals surface area contributed by atoms with Crippen LogP contribution in [0.25, 0.3) is 16.9 Å². The molecule has 9 nitrogen and oxygen atoms in total. The Kier molecular flexibility index (Phi) is 5.94. The molecule has 4 aromatic rings. The molecule has 15 heteroatoms. The van der Waals surface area contributed by atoms with Crippen LogP contribution in [0.2, 0.25) is 0 Å². The highest BCUT2D eigenvalue weighted by molar-refractivity contribution is 5.59. The summed E-state index contributed by atoms with van der Waals surface area (Å²) in [7, 11) is 0. The van der Waals surface area contributed by atoms with Gasteiger partial charge in [0.1, 0.15) is 11.4 Å². The number of alkyl halides is 6. The first-order chi connectivity index (χ1) is 17.1. The largest absolute Gasteiger partial charge is 0.421 e. The Labute approximate surface area is 199 Å². The molecule has 1 fully saturated rings. The van der Waals surface area contributed by atoms with Crippen molar-refractivity contribution in [1.82, 2.24) is 29.5 Å². The van der Waals surface area contributed by atoms with Gasteiger partial charge in [0.05, 0.1) is 43.4 Å². The number of rotatable bonds is 5. The number of aromatic amines is 1. The second-order valence-electron chi connectivity index (χ2n) is 7.91. The number of hydrogen-bond acceptors (Lipinski definition) is 7. The van der Waals surface area contributed by atoms with E-state index in [9.17, 15) is 26.3 Å². The second-order valence-corrected chi connectivity index (χ2v) is 7.91. The zero-order valence-electron chi connectivity index (χ0n) is 18.4. The average Bonchev–Trinajstić information content (AvgIpc) is 3.50. The molecule has 0 aliphatic carbocycles. The second kappa shape index (κ2) is 8.96. The van der Waals surface area contributed by atoms with Crippen LogP contribution in [-0.2, 0) is 23.6 Å². The van der Waals surface area contributed by atoms with E-state index in [2.05, 4.69) is 30.4 Å². The fourth-order valence-corrected chi connectivity index (χ4v) is 3.69. The Morgan fingerprint density at radius 2 is 1.67 bits per heavy atom. The summed E-state index contributed by atoms with van der Waals surface area (Å²) in [4.78, 5) is 17.4. The summed E-state index contributed by atoms with van der Waals surface area (Å²) in [5.41, 5.74) is -1.20. The first kappa shape index (κ1) is 23.8. The topological polar surface area (TPSA) is 96.3 Å². The van der Waals surface area contributed by atoms with Crippen molar-refractivity contribution in [3.8, 4) is 11.3 Å². The Hall–Kier alpha value is -3.88. The lowest BCUT2D eigenvalue weighted by Crippen LogP contribution is -2.37. The first-order valence-corrected chi connectivity index (χ1v) is 10.7. The molecule has 190 valence electrons. The summed E-state index contributed by atoms with van der Waals surface area (Å²) in [5, 5.41) is 6.73. The van der Waals surface area contributed by atoms with Crippen LogP contribution >= 0.6 is 0 Å². The minimum Gasteiger partial charge on any atom is -0.378 e. The van der Waals surface area contributed by atoms with Gasteiger partial charge >= 0.3 is 12.4 Å². The number of nitrogens with one attached hydrogen (secondary N) is 2. The monoisotopic (exact) mass is 512 g/mol. The van der Waals surface area contributed by atoms with Gasteiger partial charge in [-0.2, -0.15) is 45.9 Å². The van der Waals surface area contributed by atoms with E-state index < -0.39 is 29.1 Å². The summed E-state index contributed by atoms with van der Waals surface area (Å²) in [6.45, 7) is 1.64.